The monoisotopic (exact) mass is 460 g/mol. The number of carbonyl (C=O) groups is 1. The molecule has 0 saturated carbocycles. The van der Waals surface area contributed by atoms with Gasteiger partial charge < -0.3 is 5.32 Å². The Kier molecular flexibility index (Phi) is 6.00. The van der Waals surface area contributed by atoms with Crippen molar-refractivity contribution >= 4 is 22.9 Å². The molecule has 1 aliphatic carbocycles. The summed E-state index contributed by atoms with van der Waals surface area (Å²) in [4.78, 5) is 24.6. The predicted molar refractivity (Wildman–Crippen MR) is 131 cm³/mol. The quantitative estimate of drug-likeness (QED) is 0.567. The van der Waals surface area contributed by atoms with Crippen LogP contribution in [-0.2, 0) is 24.1 Å². The van der Waals surface area contributed by atoms with Gasteiger partial charge in [0.15, 0.2) is 0 Å². The van der Waals surface area contributed by atoms with Crippen LogP contribution in [-0.4, -0.2) is 57.1 Å². The molecule has 7 nitrogen and oxygen atoms in total. The van der Waals surface area contributed by atoms with Crippen molar-refractivity contribution in [2.75, 3.05) is 32.0 Å². The number of terminal acetylenes is 1. The Hall–Kier alpha value is -3.02. The summed E-state index contributed by atoms with van der Waals surface area (Å²) in [5, 5.41) is 9.17. The van der Waals surface area contributed by atoms with E-state index in [-0.39, 0.29) is 5.78 Å². The number of anilines is 1. The molecule has 170 valence electrons. The molecule has 1 aliphatic heterocycles. The fourth-order valence-electron chi connectivity index (χ4n) is 4.86. The maximum atomic E-state index is 11.7. The molecule has 4 heterocycles. The van der Waals surface area contributed by atoms with Gasteiger partial charge in [-0.2, -0.15) is 5.10 Å². The number of rotatable bonds is 6. The van der Waals surface area contributed by atoms with Crippen molar-refractivity contribution < 1.29 is 4.79 Å². The van der Waals surface area contributed by atoms with Crippen LogP contribution in [0.15, 0.2) is 18.3 Å². The number of piperidine rings is 1. The number of aromatic nitrogens is 4. The molecule has 0 atom stereocenters. The minimum atomic E-state index is 0.145. The number of Topliss-reactive ketones (excluding diaryl/α,β-unsaturated/α-hetero) is 1. The zero-order chi connectivity index (χ0) is 22.9. The molecule has 3 aromatic rings. The molecule has 3 aromatic heterocycles. The maximum absolute atomic E-state index is 11.7. The molecule has 0 unspecified atom stereocenters. The highest BCUT2D eigenvalue weighted by atomic mass is 32.1. The molecule has 1 fully saturated rings. The largest absolute Gasteiger partial charge is 0.373 e. The molecule has 1 saturated heterocycles. The highest BCUT2D eigenvalue weighted by Gasteiger charge is 2.32. The Morgan fingerprint density at radius 3 is 2.79 bits per heavy atom. The average Bonchev–Trinajstić information content (AvgIpc) is 3.40. The van der Waals surface area contributed by atoms with E-state index in [2.05, 4.69) is 31.9 Å². The minimum absolute atomic E-state index is 0.145. The lowest BCUT2D eigenvalue weighted by Crippen LogP contribution is -2.35. The third kappa shape index (κ3) is 4.19. The van der Waals surface area contributed by atoms with Crippen LogP contribution in [0.25, 0.3) is 21.8 Å². The average molecular weight is 461 g/mol. The Bertz CT molecular complexity index is 1210. The number of thiazole rings is 1. The number of likely N-dealkylation sites (tertiary alicyclic amines) is 1. The van der Waals surface area contributed by atoms with E-state index >= 15 is 0 Å². The lowest BCUT2D eigenvalue weighted by Gasteiger charge is -2.31. The summed E-state index contributed by atoms with van der Waals surface area (Å²) < 4.78 is 2.25. The number of carbonyl (C=O) groups excluding carboxylic acids is 1. The van der Waals surface area contributed by atoms with Gasteiger partial charge >= 0.3 is 0 Å². The Morgan fingerprint density at radius 2 is 2.12 bits per heavy atom. The van der Waals surface area contributed by atoms with Crippen molar-refractivity contribution in [3.63, 3.8) is 0 Å². The van der Waals surface area contributed by atoms with E-state index in [9.17, 15) is 4.79 Å². The van der Waals surface area contributed by atoms with Crippen molar-refractivity contribution in [2.45, 2.75) is 45.1 Å². The molecule has 5 rings (SSSR count). The summed E-state index contributed by atoms with van der Waals surface area (Å²) in [7, 11) is 1.87. The summed E-state index contributed by atoms with van der Waals surface area (Å²) in [6.07, 6.45) is 11.6. The zero-order valence-corrected chi connectivity index (χ0v) is 19.9. The second-order valence-electron chi connectivity index (χ2n) is 8.78. The van der Waals surface area contributed by atoms with Gasteiger partial charge in [0.2, 0.25) is 0 Å². The van der Waals surface area contributed by atoms with Crippen LogP contribution in [0.4, 0.5) is 5.82 Å². The first-order valence-corrected chi connectivity index (χ1v) is 12.3. The molecular weight excluding hydrogens is 432 g/mol. The van der Waals surface area contributed by atoms with Gasteiger partial charge in [-0.05, 0) is 44.7 Å². The topological polar surface area (TPSA) is 75.9 Å². The SMILES string of the molecule is C#CCN1CCC(n2nc(-c3ccc(NC)nc3)c3c2-c2sc(CC(C)=O)nc2CC3)CC1. The van der Waals surface area contributed by atoms with E-state index < -0.39 is 0 Å². The number of ketones is 1. The number of pyridine rings is 1. The first-order chi connectivity index (χ1) is 16.1. The molecule has 1 N–H and O–H groups in total. The van der Waals surface area contributed by atoms with Crippen LogP contribution < -0.4 is 5.32 Å². The van der Waals surface area contributed by atoms with Crippen molar-refractivity contribution in [1.82, 2.24) is 24.6 Å². The lowest BCUT2D eigenvalue weighted by molar-refractivity contribution is -0.116. The highest BCUT2D eigenvalue weighted by molar-refractivity contribution is 7.15. The van der Waals surface area contributed by atoms with E-state index in [0.717, 1.165) is 66.5 Å². The van der Waals surface area contributed by atoms with E-state index in [1.54, 1.807) is 18.3 Å². The standard InChI is InChI=1S/C25H28N6OS/c1-4-11-30-12-9-18(10-13-30)31-24-19(23(29-31)17-5-8-21(26-3)27-15-17)6-7-20-25(24)33-22(28-20)14-16(2)32/h1,5,8,15,18H,6-7,9-14H2,2-3H3,(H,26,27). The molecule has 0 bridgehead atoms. The third-order valence-corrected chi connectivity index (χ3v) is 7.59. The van der Waals surface area contributed by atoms with E-state index in [4.69, 9.17) is 16.5 Å². The number of nitrogens with zero attached hydrogens (tertiary/aromatic N) is 5. The van der Waals surface area contributed by atoms with Crippen molar-refractivity contribution in [1.29, 1.82) is 0 Å². The number of aryl methyl sites for hydroxylation is 1. The second kappa shape index (κ2) is 9.08. The predicted octanol–water partition coefficient (Wildman–Crippen LogP) is 3.61. The summed E-state index contributed by atoms with van der Waals surface area (Å²) >= 11 is 1.65. The second-order valence-corrected chi connectivity index (χ2v) is 9.86. The summed E-state index contributed by atoms with van der Waals surface area (Å²) in [5.74, 6) is 3.75. The number of hydrogen-bond donors (Lipinski definition) is 1. The Morgan fingerprint density at radius 1 is 1.30 bits per heavy atom. The zero-order valence-electron chi connectivity index (χ0n) is 19.1. The molecule has 0 spiro atoms. The Balaban J connectivity index is 1.58. The van der Waals surface area contributed by atoms with Gasteiger partial charge in [-0.3, -0.25) is 14.4 Å². The molecule has 33 heavy (non-hydrogen) atoms. The van der Waals surface area contributed by atoms with Gasteiger partial charge in [-0.15, -0.1) is 17.8 Å². The summed E-state index contributed by atoms with van der Waals surface area (Å²) in [6.45, 7) is 4.27. The van der Waals surface area contributed by atoms with Gasteiger partial charge in [-0.1, -0.05) is 5.92 Å². The summed E-state index contributed by atoms with van der Waals surface area (Å²) in [5.41, 5.74) is 5.60. The van der Waals surface area contributed by atoms with E-state index in [1.807, 2.05) is 19.3 Å². The van der Waals surface area contributed by atoms with E-state index in [0.29, 0.717) is 19.0 Å². The summed E-state index contributed by atoms with van der Waals surface area (Å²) in [6, 6.07) is 4.39. The van der Waals surface area contributed by atoms with Crippen LogP contribution in [0.5, 0.6) is 0 Å². The van der Waals surface area contributed by atoms with Gasteiger partial charge in [0.1, 0.15) is 16.6 Å². The molecular formula is C25H28N6OS. The fraction of sp³-hybridized carbons (Fsp3) is 0.440. The van der Waals surface area contributed by atoms with Crippen LogP contribution in [0.2, 0.25) is 0 Å². The first-order valence-electron chi connectivity index (χ1n) is 11.5. The normalized spacial score (nSPS) is 16.2. The van der Waals surface area contributed by atoms with Crippen LogP contribution in [0.3, 0.4) is 0 Å². The number of nitrogens with one attached hydrogen (secondary N) is 1. The maximum Gasteiger partial charge on any atom is 0.136 e. The van der Waals surface area contributed by atoms with Gasteiger partial charge in [0.05, 0.1) is 41.0 Å². The molecule has 0 aromatic carbocycles. The van der Waals surface area contributed by atoms with Gasteiger partial charge in [-0.25, -0.2) is 9.97 Å². The van der Waals surface area contributed by atoms with Crippen LogP contribution >= 0.6 is 11.3 Å². The van der Waals surface area contributed by atoms with Crippen molar-refractivity contribution in [2.24, 2.45) is 0 Å². The van der Waals surface area contributed by atoms with Crippen LogP contribution in [0.1, 0.15) is 42.1 Å². The number of fused-ring (bicyclic) bond motifs is 3. The minimum Gasteiger partial charge on any atom is -0.373 e. The first kappa shape index (κ1) is 21.8. The molecule has 0 radical (unpaired) electrons. The van der Waals surface area contributed by atoms with Crippen LogP contribution in [0, 0.1) is 12.3 Å². The van der Waals surface area contributed by atoms with Crippen molar-refractivity contribution in [3.8, 4) is 34.2 Å². The molecule has 8 heteroatoms. The smallest absolute Gasteiger partial charge is 0.136 e. The molecule has 2 aliphatic rings. The molecule has 0 amide bonds. The number of hydrogen-bond acceptors (Lipinski definition) is 7. The fourth-order valence-corrected chi connectivity index (χ4v) is 6.11. The van der Waals surface area contributed by atoms with Gasteiger partial charge in [0.25, 0.3) is 0 Å². The lowest BCUT2D eigenvalue weighted by atomic mass is 9.95. The highest BCUT2D eigenvalue weighted by Crippen LogP contribution is 2.44. The van der Waals surface area contributed by atoms with E-state index in [1.165, 1.54) is 16.1 Å². The third-order valence-electron chi connectivity index (χ3n) is 6.49. The van der Waals surface area contributed by atoms with Crippen molar-refractivity contribution in [3.05, 3.63) is 34.6 Å². The van der Waals surface area contributed by atoms with Gasteiger partial charge in [0, 0.05) is 37.5 Å². The Labute approximate surface area is 198 Å².